The van der Waals surface area contributed by atoms with E-state index in [0.29, 0.717) is 32.3 Å². The largest absolute Gasteiger partial charge is 0.416 e. The van der Waals surface area contributed by atoms with Gasteiger partial charge >= 0.3 is 6.18 Å². The lowest BCUT2D eigenvalue weighted by atomic mass is 9.89. The van der Waals surface area contributed by atoms with E-state index in [1.54, 1.807) is 6.07 Å². The van der Waals surface area contributed by atoms with Crippen LogP contribution in [-0.2, 0) is 25.5 Å². The average Bonchev–Trinajstić information content (AvgIpc) is 3.35. The first kappa shape index (κ1) is 19.7. The summed E-state index contributed by atoms with van der Waals surface area (Å²) < 4.78 is 69.0. The number of hydrogen-bond donors (Lipinski definition) is 1. The molecule has 2 heterocycles. The molecule has 5 nitrogen and oxygen atoms in total. The van der Waals surface area contributed by atoms with E-state index >= 15 is 0 Å². The Balaban J connectivity index is 1.40. The molecule has 1 amide bonds. The Hall–Kier alpha value is -1.61. The normalized spacial score (nSPS) is 34.3. The molecule has 3 aliphatic rings. The van der Waals surface area contributed by atoms with Crippen LogP contribution >= 0.6 is 0 Å². The zero-order valence-electron chi connectivity index (χ0n) is 15.2. The smallest absolute Gasteiger partial charge is 0.374 e. The summed E-state index contributed by atoms with van der Waals surface area (Å²) in [6.45, 7) is 0.367. The van der Waals surface area contributed by atoms with Gasteiger partial charge in [0, 0.05) is 18.6 Å². The lowest BCUT2D eigenvalue weighted by Gasteiger charge is -2.37. The molecular formula is C19H22F3NO4S. The van der Waals surface area contributed by atoms with Crippen molar-refractivity contribution in [3.63, 3.8) is 0 Å². The third-order valence-corrected chi connectivity index (χ3v) is 7.78. The number of alkyl halides is 3. The van der Waals surface area contributed by atoms with Crippen LogP contribution in [0.5, 0.6) is 0 Å². The van der Waals surface area contributed by atoms with Crippen LogP contribution in [0.4, 0.5) is 13.2 Å². The molecule has 2 aliphatic heterocycles. The molecule has 1 aromatic carbocycles. The molecule has 0 unspecified atom stereocenters. The van der Waals surface area contributed by atoms with Crippen molar-refractivity contribution in [3.8, 4) is 0 Å². The predicted molar refractivity (Wildman–Crippen MR) is 95.4 cm³/mol. The van der Waals surface area contributed by atoms with Crippen LogP contribution in [0.3, 0.4) is 0 Å². The molecule has 0 bridgehead atoms. The van der Waals surface area contributed by atoms with Gasteiger partial charge in [0.25, 0.3) is 0 Å². The third-order valence-electron chi connectivity index (χ3n) is 5.98. The first-order valence-corrected chi connectivity index (χ1v) is 11.2. The minimum absolute atomic E-state index is 0.0304. The van der Waals surface area contributed by atoms with Gasteiger partial charge in [0.05, 0.1) is 22.7 Å². The SMILES string of the molecule is O=C(N[C@@H]1CCO[C@]2(CCS(=O)(=O)C2)C1)[C@H]1C[C@@H]1c1ccccc1C(F)(F)F. The van der Waals surface area contributed by atoms with E-state index in [9.17, 15) is 26.4 Å². The zero-order chi connectivity index (χ0) is 20.2. The number of hydrogen-bond acceptors (Lipinski definition) is 4. The monoisotopic (exact) mass is 417 g/mol. The van der Waals surface area contributed by atoms with Crippen LogP contribution in [0.15, 0.2) is 24.3 Å². The number of amides is 1. The summed E-state index contributed by atoms with van der Waals surface area (Å²) in [7, 11) is -3.12. The van der Waals surface area contributed by atoms with Crippen molar-refractivity contribution in [1.82, 2.24) is 5.32 Å². The highest BCUT2D eigenvalue weighted by Gasteiger charge is 2.50. The molecular weight excluding hydrogens is 395 g/mol. The van der Waals surface area contributed by atoms with Gasteiger partial charge in [0.15, 0.2) is 9.84 Å². The fourth-order valence-electron chi connectivity index (χ4n) is 4.53. The lowest BCUT2D eigenvalue weighted by molar-refractivity contribution is -0.138. The summed E-state index contributed by atoms with van der Waals surface area (Å²) in [4.78, 5) is 12.6. The second kappa shape index (κ2) is 6.73. The van der Waals surface area contributed by atoms with Crippen LogP contribution in [-0.4, -0.2) is 44.1 Å². The van der Waals surface area contributed by atoms with Crippen LogP contribution < -0.4 is 5.32 Å². The van der Waals surface area contributed by atoms with Crippen LogP contribution in [0, 0.1) is 5.92 Å². The third kappa shape index (κ3) is 3.91. The zero-order valence-corrected chi connectivity index (χ0v) is 16.0. The maximum Gasteiger partial charge on any atom is 0.416 e. The molecule has 1 N–H and O–H groups in total. The number of rotatable bonds is 3. The van der Waals surface area contributed by atoms with Gasteiger partial charge in [-0.1, -0.05) is 18.2 Å². The number of benzene rings is 1. The molecule has 9 heteroatoms. The molecule has 1 aromatic rings. The molecule has 1 saturated carbocycles. The number of nitrogens with one attached hydrogen (secondary N) is 1. The minimum atomic E-state index is -4.44. The highest BCUT2D eigenvalue weighted by molar-refractivity contribution is 7.91. The molecule has 4 rings (SSSR count). The van der Waals surface area contributed by atoms with Gasteiger partial charge in [-0.2, -0.15) is 13.2 Å². The Labute approximate surface area is 161 Å². The standard InChI is InChI=1S/C19H22F3NO4S/c20-19(21,22)16-4-2-1-3-13(16)14-9-15(14)17(24)23-12-5-7-27-18(10-12)6-8-28(25,26)11-18/h1-4,12,14-15H,5-11H2,(H,23,24)/t12-,14-,15+,18-/m1/s1. The van der Waals surface area contributed by atoms with Crippen molar-refractivity contribution in [3.05, 3.63) is 35.4 Å². The van der Waals surface area contributed by atoms with Crippen molar-refractivity contribution < 1.29 is 31.1 Å². The summed E-state index contributed by atoms with van der Waals surface area (Å²) in [5, 5.41) is 2.92. The Kier molecular flexibility index (Phi) is 4.73. The summed E-state index contributed by atoms with van der Waals surface area (Å²) in [5.41, 5.74) is -1.25. The van der Waals surface area contributed by atoms with E-state index in [1.807, 2.05) is 0 Å². The van der Waals surface area contributed by atoms with Crippen LogP contribution in [0.2, 0.25) is 0 Å². The van der Waals surface area contributed by atoms with E-state index in [4.69, 9.17) is 4.74 Å². The fourth-order valence-corrected chi connectivity index (χ4v) is 6.50. The topological polar surface area (TPSA) is 72.5 Å². The van der Waals surface area contributed by atoms with E-state index in [2.05, 4.69) is 5.32 Å². The molecule has 4 atom stereocenters. The number of carbonyl (C=O) groups is 1. The van der Waals surface area contributed by atoms with Gasteiger partial charge in [0.1, 0.15) is 0 Å². The van der Waals surface area contributed by atoms with Gasteiger partial charge in [-0.3, -0.25) is 4.79 Å². The molecule has 2 saturated heterocycles. The average molecular weight is 417 g/mol. The van der Waals surface area contributed by atoms with Crippen LogP contribution in [0.1, 0.15) is 42.7 Å². The predicted octanol–water partition coefficient (Wildman–Crippen LogP) is 2.66. The number of carbonyl (C=O) groups excluding carboxylic acids is 1. The number of halogens is 3. The summed E-state index contributed by atoms with van der Waals surface area (Å²) in [5.74, 6) is -1.11. The molecule has 0 radical (unpaired) electrons. The van der Waals surface area contributed by atoms with Crippen molar-refractivity contribution in [1.29, 1.82) is 0 Å². The van der Waals surface area contributed by atoms with Crippen molar-refractivity contribution in [2.45, 2.75) is 49.4 Å². The Bertz CT molecular complexity index is 885. The number of ether oxygens (including phenoxy) is 1. The minimum Gasteiger partial charge on any atom is -0.374 e. The van der Waals surface area contributed by atoms with Gasteiger partial charge < -0.3 is 10.1 Å². The lowest BCUT2D eigenvalue weighted by Crippen LogP contribution is -2.49. The second-order valence-electron chi connectivity index (χ2n) is 8.11. The first-order valence-electron chi connectivity index (χ1n) is 9.39. The van der Waals surface area contributed by atoms with E-state index in [-0.39, 0.29) is 29.0 Å². The maximum absolute atomic E-state index is 13.2. The molecule has 0 aromatic heterocycles. The summed E-state index contributed by atoms with van der Waals surface area (Å²) in [6.07, 6.45) is -2.63. The van der Waals surface area contributed by atoms with Crippen molar-refractivity contribution in [2.75, 3.05) is 18.1 Å². The summed E-state index contributed by atoms with van der Waals surface area (Å²) in [6, 6.07) is 5.18. The van der Waals surface area contributed by atoms with Crippen molar-refractivity contribution in [2.24, 2.45) is 5.92 Å². The molecule has 28 heavy (non-hydrogen) atoms. The number of sulfone groups is 1. The van der Waals surface area contributed by atoms with E-state index in [0.717, 1.165) is 6.07 Å². The van der Waals surface area contributed by atoms with E-state index < -0.39 is 39.0 Å². The van der Waals surface area contributed by atoms with E-state index in [1.165, 1.54) is 12.1 Å². The van der Waals surface area contributed by atoms with Gasteiger partial charge in [-0.25, -0.2) is 8.42 Å². The van der Waals surface area contributed by atoms with Crippen molar-refractivity contribution >= 4 is 15.7 Å². The Morgan fingerprint density at radius 2 is 2.00 bits per heavy atom. The van der Waals surface area contributed by atoms with Gasteiger partial charge in [-0.15, -0.1) is 0 Å². The highest BCUT2D eigenvalue weighted by atomic mass is 32.2. The summed E-state index contributed by atoms with van der Waals surface area (Å²) >= 11 is 0. The highest BCUT2D eigenvalue weighted by Crippen LogP contribution is 2.51. The molecule has 154 valence electrons. The molecule has 1 spiro atoms. The molecule has 1 aliphatic carbocycles. The van der Waals surface area contributed by atoms with Gasteiger partial charge in [0.2, 0.25) is 5.91 Å². The van der Waals surface area contributed by atoms with Crippen LogP contribution in [0.25, 0.3) is 0 Å². The Morgan fingerprint density at radius 3 is 2.68 bits per heavy atom. The van der Waals surface area contributed by atoms with Gasteiger partial charge in [-0.05, 0) is 43.2 Å². The fraction of sp³-hybridized carbons (Fsp3) is 0.632. The quantitative estimate of drug-likeness (QED) is 0.821. The first-order chi connectivity index (χ1) is 13.1. The Morgan fingerprint density at radius 1 is 1.25 bits per heavy atom. The second-order valence-corrected chi connectivity index (χ2v) is 10.3. The maximum atomic E-state index is 13.2. The molecule has 3 fully saturated rings.